The van der Waals surface area contributed by atoms with E-state index in [4.69, 9.17) is 5.11 Å². The summed E-state index contributed by atoms with van der Waals surface area (Å²) in [7, 11) is 0. The summed E-state index contributed by atoms with van der Waals surface area (Å²) in [5.74, 6) is 0.0588. The third-order valence-corrected chi connectivity index (χ3v) is 3.67. The molecule has 0 unspecified atom stereocenters. The number of hydrogen-bond acceptors (Lipinski definition) is 3. The fraction of sp³-hybridized carbons (Fsp3) is 0.533. The first-order valence-electron chi connectivity index (χ1n) is 6.97. The molecule has 4 nitrogen and oxygen atoms in total. The molecular formula is C15H22N2O2. The first kappa shape index (κ1) is 13.9. The lowest BCUT2D eigenvalue weighted by Gasteiger charge is -2.36. The van der Waals surface area contributed by atoms with Crippen molar-refractivity contribution in [3.8, 4) is 0 Å². The third-order valence-electron chi connectivity index (χ3n) is 3.67. The maximum Gasteiger partial charge on any atom is 0.225 e. The minimum atomic E-state index is -0.0580. The number of rotatable bonds is 4. The molecule has 2 rings (SSSR count). The number of aryl methyl sites for hydroxylation is 1. The smallest absolute Gasteiger partial charge is 0.225 e. The standard InChI is InChI=1S/C15H22N2O2/c1-2-13-3-5-14(6-4-13)16-8-10-17(11-9-16)15(19)7-12-18/h3-6,18H,2,7-12H2,1H3. The van der Waals surface area contributed by atoms with Gasteiger partial charge in [0.1, 0.15) is 0 Å². The summed E-state index contributed by atoms with van der Waals surface area (Å²) in [5.41, 5.74) is 2.58. The van der Waals surface area contributed by atoms with Gasteiger partial charge in [0, 0.05) is 38.3 Å². The van der Waals surface area contributed by atoms with Gasteiger partial charge in [0.2, 0.25) is 5.91 Å². The van der Waals surface area contributed by atoms with Crippen molar-refractivity contribution in [1.82, 2.24) is 4.90 Å². The van der Waals surface area contributed by atoms with Crippen LogP contribution < -0.4 is 4.90 Å². The highest BCUT2D eigenvalue weighted by molar-refractivity contribution is 5.76. The molecule has 0 aliphatic carbocycles. The van der Waals surface area contributed by atoms with Crippen LogP contribution in [-0.2, 0) is 11.2 Å². The lowest BCUT2D eigenvalue weighted by Crippen LogP contribution is -2.48. The summed E-state index contributed by atoms with van der Waals surface area (Å²) < 4.78 is 0. The highest BCUT2D eigenvalue weighted by Crippen LogP contribution is 2.17. The Morgan fingerprint density at radius 3 is 2.32 bits per heavy atom. The van der Waals surface area contributed by atoms with Gasteiger partial charge < -0.3 is 14.9 Å². The largest absolute Gasteiger partial charge is 0.396 e. The Kier molecular flexibility index (Phi) is 4.80. The molecule has 1 aliphatic heterocycles. The van der Waals surface area contributed by atoms with E-state index in [1.165, 1.54) is 11.3 Å². The van der Waals surface area contributed by atoms with Crippen LogP contribution in [0.3, 0.4) is 0 Å². The average molecular weight is 262 g/mol. The molecule has 0 aromatic heterocycles. The van der Waals surface area contributed by atoms with Gasteiger partial charge in [-0.2, -0.15) is 0 Å². The average Bonchev–Trinajstić information content (AvgIpc) is 2.48. The van der Waals surface area contributed by atoms with E-state index in [0.29, 0.717) is 0 Å². The van der Waals surface area contributed by atoms with Crippen LogP contribution in [0.15, 0.2) is 24.3 Å². The Hall–Kier alpha value is -1.55. The fourth-order valence-corrected chi connectivity index (χ4v) is 2.41. The van der Waals surface area contributed by atoms with Crippen LogP contribution in [0, 0.1) is 0 Å². The van der Waals surface area contributed by atoms with Gasteiger partial charge in [0.05, 0.1) is 6.61 Å². The van der Waals surface area contributed by atoms with E-state index in [2.05, 4.69) is 36.1 Å². The number of hydrogen-bond donors (Lipinski definition) is 1. The molecule has 104 valence electrons. The number of anilines is 1. The number of aliphatic hydroxyl groups excluding tert-OH is 1. The van der Waals surface area contributed by atoms with Crippen molar-refractivity contribution in [2.24, 2.45) is 0 Å². The predicted octanol–water partition coefficient (Wildman–Crippen LogP) is 1.28. The summed E-state index contributed by atoms with van der Waals surface area (Å²) in [5, 5.41) is 8.79. The van der Waals surface area contributed by atoms with Crippen molar-refractivity contribution in [2.45, 2.75) is 19.8 Å². The molecule has 1 aromatic rings. The first-order valence-corrected chi connectivity index (χ1v) is 6.97. The molecule has 1 heterocycles. The van der Waals surface area contributed by atoms with Crippen LogP contribution in [0.5, 0.6) is 0 Å². The van der Waals surface area contributed by atoms with E-state index in [9.17, 15) is 4.79 Å². The maximum atomic E-state index is 11.7. The molecule has 1 aliphatic rings. The summed E-state index contributed by atoms with van der Waals surface area (Å²) in [4.78, 5) is 15.8. The molecule has 19 heavy (non-hydrogen) atoms. The Labute approximate surface area is 114 Å². The third kappa shape index (κ3) is 3.47. The minimum Gasteiger partial charge on any atom is -0.396 e. The zero-order valence-electron chi connectivity index (χ0n) is 11.5. The molecule has 4 heteroatoms. The van der Waals surface area contributed by atoms with E-state index in [1.807, 2.05) is 4.90 Å². The molecule has 1 amide bonds. The number of aliphatic hydroxyl groups is 1. The van der Waals surface area contributed by atoms with Crippen LogP contribution >= 0.6 is 0 Å². The zero-order valence-corrected chi connectivity index (χ0v) is 11.5. The molecule has 1 N–H and O–H groups in total. The highest BCUT2D eigenvalue weighted by atomic mass is 16.3. The van der Waals surface area contributed by atoms with Gasteiger partial charge in [-0.1, -0.05) is 19.1 Å². The minimum absolute atomic E-state index is 0.0580. The quantitative estimate of drug-likeness (QED) is 0.889. The van der Waals surface area contributed by atoms with Crippen LogP contribution in [0.4, 0.5) is 5.69 Å². The number of piperazine rings is 1. The van der Waals surface area contributed by atoms with Crippen LogP contribution in [0.2, 0.25) is 0 Å². The van der Waals surface area contributed by atoms with Crippen molar-refractivity contribution < 1.29 is 9.90 Å². The van der Waals surface area contributed by atoms with Crippen molar-refractivity contribution in [2.75, 3.05) is 37.7 Å². The monoisotopic (exact) mass is 262 g/mol. The second-order valence-corrected chi connectivity index (χ2v) is 4.86. The van der Waals surface area contributed by atoms with Gasteiger partial charge in [0.25, 0.3) is 0 Å². The maximum absolute atomic E-state index is 11.7. The van der Waals surface area contributed by atoms with Gasteiger partial charge in [-0.3, -0.25) is 4.79 Å². The molecular weight excluding hydrogens is 240 g/mol. The van der Waals surface area contributed by atoms with E-state index < -0.39 is 0 Å². The normalized spacial score (nSPS) is 15.7. The number of nitrogens with zero attached hydrogens (tertiary/aromatic N) is 2. The second-order valence-electron chi connectivity index (χ2n) is 4.86. The highest BCUT2D eigenvalue weighted by Gasteiger charge is 2.20. The Morgan fingerprint density at radius 1 is 1.16 bits per heavy atom. The van der Waals surface area contributed by atoms with Crippen molar-refractivity contribution >= 4 is 11.6 Å². The van der Waals surface area contributed by atoms with Gasteiger partial charge in [-0.05, 0) is 24.1 Å². The molecule has 1 saturated heterocycles. The molecule has 0 radical (unpaired) electrons. The number of benzene rings is 1. The van der Waals surface area contributed by atoms with E-state index in [1.54, 1.807) is 0 Å². The molecule has 1 aromatic carbocycles. The predicted molar refractivity (Wildman–Crippen MR) is 76.3 cm³/mol. The Morgan fingerprint density at radius 2 is 1.79 bits per heavy atom. The van der Waals surface area contributed by atoms with Gasteiger partial charge in [-0.25, -0.2) is 0 Å². The van der Waals surface area contributed by atoms with Crippen molar-refractivity contribution in [1.29, 1.82) is 0 Å². The van der Waals surface area contributed by atoms with E-state index >= 15 is 0 Å². The Bertz CT molecular complexity index is 409. The lowest BCUT2D eigenvalue weighted by molar-refractivity contribution is -0.132. The number of amides is 1. The van der Waals surface area contributed by atoms with Gasteiger partial charge >= 0.3 is 0 Å². The van der Waals surface area contributed by atoms with Crippen molar-refractivity contribution in [3.63, 3.8) is 0 Å². The SMILES string of the molecule is CCc1ccc(N2CCN(C(=O)CCO)CC2)cc1. The van der Waals surface area contributed by atoms with Gasteiger partial charge in [-0.15, -0.1) is 0 Å². The molecule has 0 spiro atoms. The fourth-order valence-electron chi connectivity index (χ4n) is 2.41. The first-order chi connectivity index (χ1) is 9.24. The number of carbonyl (C=O) groups excluding carboxylic acids is 1. The van der Waals surface area contributed by atoms with Crippen LogP contribution in [0.25, 0.3) is 0 Å². The van der Waals surface area contributed by atoms with Gasteiger partial charge in [0.15, 0.2) is 0 Å². The molecule has 1 fully saturated rings. The van der Waals surface area contributed by atoms with E-state index in [-0.39, 0.29) is 18.9 Å². The zero-order chi connectivity index (χ0) is 13.7. The molecule has 0 saturated carbocycles. The number of carbonyl (C=O) groups is 1. The lowest BCUT2D eigenvalue weighted by atomic mass is 10.1. The van der Waals surface area contributed by atoms with Crippen LogP contribution in [-0.4, -0.2) is 48.7 Å². The second kappa shape index (κ2) is 6.57. The molecule has 0 bridgehead atoms. The van der Waals surface area contributed by atoms with E-state index in [0.717, 1.165) is 32.6 Å². The summed E-state index contributed by atoms with van der Waals surface area (Å²) in [6, 6.07) is 8.64. The summed E-state index contributed by atoms with van der Waals surface area (Å²) in [6.07, 6.45) is 1.30. The van der Waals surface area contributed by atoms with Crippen LogP contribution in [0.1, 0.15) is 18.9 Å². The summed E-state index contributed by atoms with van der Waals surface area (Å²) in [6.45, 7) is 5.31. The summed E-state index contributed by atoms with van der Waals surface area (Å²) >= 11 is 0. The topological polar surface area (TPSA) is 43.8 Å². The van der Waals surface area contributed by atoms with Crippen molar-refractivity contribution in [3.05, 3.63) is 29.8 Å². The molecule has 0 atom stereocenters. The Balaban J connectivity index is 1.90.